The molecule has 0 unspecified atom stereocenters. The molecule has 0 saturated heterocycles. The summed E-state index contributed by atoms with van der Waals surface area (Å²) in [6.07, 6.45) is -1.28. The van der Waals surface area contributed by atoms with Gasteiger partial charge in [-0.2, -0.15) is 13.2 Å². The largest absolute Gasteiger partial charge is 0.542 e. The van der Waals surface area contributed by atoms with Crippen molar-refractivity contribution in [1.29, 1.82) is 0 Å². The number of benzene rings is 3. The number of halogens is 4. The number of hydrogen-bond acceptors (Lipinski definition) is 5. The summed E-state index contributed by atoms with van der Waals surface area (Å²) in [5.74, 6) is -1.50. The van der Waals surface area contributed by atoms with Gasteiger partial charge in [0.2, 0.25) is 0 Å². The minimum absolute atomic E-state index is 0.666. The average molecular weight is 489 g/mol. The summed E-state index contributed by atoms with van der Waals surface area (Å²) in [7, 11) is 0. The molecule has 0 fully saturated rings. The fourth-order valence-electron chi connectivity index (χ4n) is 2.99. The summed E-state index contributed by atoms with van der Waals surface area (Å²) in [4.78, 5) is 18.2. The Hall–Kier alpha value is -3.69. The minimum Gasteiger partial charge on any atom is -0.542 e. The second-order valence-electron chi connectivity index (χ2n) is 7.10. The van der Waals surface area contributed by atoms with Crippen LogP contribution in [0.25, 0.3) is 33.8 Å². The molecule has 3 aromatic carbocycles. The molecule has 4 rings (SSSR count). The van der Waals surface area contributed by atoms with Gasteiger partial charge in [-0.3, -0.25) is 0 Å². The number of hydrogen-bond donors (Lipinski definition) is 2. The molecule has 0 saturated carbocycles. The first-order valence-corrected chi connectivity index (χ1v) is 10.5. The molecule has 4 N–H and O–H groups in total. The van der Waals surface area contributed by atoms with Crippen molar-refractivity contribution < 1.29 is 28.8 Å². The second-order valence-corrected chi connectivity index (χ2v) is 7.53. The van der Waals surface area contributed by atoms with E-state index >= 15 is 0 Å². The number of quaternary nitrogens is 1. The highest BCUT2D eigenvalue weighted by molar-refractivity contribution is 6.30. The van der Waals surface area contributed by atoms with Crippen LogP contribution in [0.4, 0.5) is 19.0 Å². The van der Waals surface area contributed by atoms with E-state index in [0.717, 1.165) is 40.4 Å². The summed E-state index contributed by atoms with van der Waals surface area (Å²) in [6.45, 7) is 1.55. The smallest absolute Gasteiger partial charge is 0.430 e. The number of aliphatic carboxylic acids is 1. The number of nitrogens with one attached hydrogen (secondary N) is 1. The third-order valence-corrected chi connectivity index (χ3v) is 4.83. The van der Waals surface area contributed by atoms with Gasteiger partial charge in [-0.1, -0.05) is 54.1 Å². The summed E-state index contributed by atoms with van der Waals surface area (Å²) >= 11 is 5.95. The van der Waals surface area contributed by atoms with Gasteiger partial charge in [-0.25, -0.2) is 9.97 Å². The monoisotopic (exact) mass is 488 g/mol. The maximum atomic E-state index is 10.5. The molecule has 0 spiro atoms. The number of anilines is 1. The van der Waals surface area contributed by atoms with E-state index in [0.29, 0.717) is 5.82 Å². The fraction of sp³-hybridized carbons (Fsp3) is 0.125. The molecule has 0 aliphatic carbocycles. The van der Waals surface area contributed by atoms with Gasteiger partial charge in [-0.05, 0) is 46.7 Å². The maximum absolute atomic E-state index is 10.5. The Morgan fingerprint density at radius 2 is 1.65 bits per heavy atom. The number of alkyl halides is 3. The van der Waals surface area contributed by atoms with Crippen molar-refractivity contribution in [3.05, 3.63) is 77.1 Å². The standard InChI is InChI=1S/C22H19ClN4.C2HF3O2/c23-18-8-5-15(6-9-18)7-10-21-26-20-14-17-4-2-1-3-16(17)13-19(20)22(27-21)25-12-11-24;3-2(4,5)1(6)7/h1-10,13-14H,11-12,24H2,(H,25,26,27);(H,6,7)/b10-7+;. The lowest BCUT2D eigenvalue weighted by Gasteiger charge is -2.10. The van der Waals surface area contributed by atoms with Crippen LogP contribution in [0.3, 0.4) is 0 Å². The predicted octanol–water partition coefficient (Wildman–Crippen LogP) is 3.56. The van der Waals surface area contributed by atoms with Crippen molar-refractivity contribution in [3.8, 4) is 0 Å². The topological polar surface area (TPSA) is 106 Å². The molecule has 176 valence electrons. The van der Waals surface area contributed by atoms with Crippen LogP contribution in [0.15, 0.2) is 60.7 Å². The van der Waals surface area contributed by atoms with Gasteiger partial charge in [0.25, 0.3) is 0 Å². The first kappa shape index (κ1) is 24.9. The number of fused-ring (bicyclic) bond motifs is 2. The number of carboxylic acids is 1. The minimum atomic E-state index is -5.19. The van der Waals surface area contributed by atoms with E-state index in [9.17, 15) is 13.2 Å². The highest BCUT2D eigenvalue weighted by Gasteiger charge is 2.28. The lowest BCUT2D eigenvalue weighted by atomic mass is 10.1. The second kappa shape index (κ2) is 11.0. The molecule has 0 aliphatic rings. The number of carboxylic acid groups (broad SMARTS) is 1. The molecule has 0 atom stereocenters. The van der Waals surface area contributed by atoms with Gasteiger partial charge in [0, 0.05) is 10.4 Å². The lowest BCUT2D eigenvalue weighted by molar-refractivity contribution is -0.362. The number of carbonyl (C=O) groups is 1. The van der Waals surface area contributed by atoms with Gasteiger partial charge < -0.3 is 21.0 Å². The van der Waals surface area contributed by atoms with Crippen LogP contribution in [0, 0.1) is 0 Å². The number of aromatic nitrogens is 2. The van der Waals surface area contributed by atoms with Crippen molar-refractivity contribution in [3.63, 3.8) is 0 Å². The Kier molecular flexibility index (Phi) is 8.04. The summed E-state index contributed by atoms with van der Waals surface area (Å²) < 4.78 is 31.5. The van der Waals surface area contributed by atoms with Crippen LogP contribution in [-0.2, 0) is 4.79 Å². The number of carbonyl (C=O) groups excluding carboxylic acids is 1. The van der Waals surface area contributed by atoms with Gasteiger partial charge in [0.05, 0.1) is 18.6 Å². The Morgan fingerprint density at radius 1 is 1.03 bits per heavy atom. The van der Waals surface area contributed by atoms with E-state index in [-0.39, 0.29) is 0 Å². The molecule has 1 aromatic heterocycles. The van der Waals surface area contributed by atoms with Crippen LogP contribution < -0.4 is 16.2 Å². The highest BCUT2D eigenvalue weighted by atomic mass is 35.5. The van der Waals surface area contributed by atoms with Crippen LogP contribution >= 0.6 is 11.6 Å². The van der Waals surface area contributed by atoms with Gasteiger partial charge >= 0.3 is 6.18 Å². The zero-order chi connectivity index (χ0) is 24.7. The van der Waals surface area contributed by atoms with Crippen LogP contribution in [0.2, 0.25) is 5.02 Å². The van der Waals surface area contributed by atoms with Crippen molar-refractivity contribution in [1.82, 2.24) is 9.97 Å². The first-order chi connectivity index (χ1) is 16.2. The molecule has 34 heavy (non-hydrogen) atoms. The maximum Gasteiger partial charge on any atom is 0.430 e. The molecule has 0 radical (unpaired) electrons. The number of rotatable bonds is 5. The molecule has 6 nitrogen and oxygen atoms in total. The molecular formula is C24H20ClF3N4O2. The molecule has 0 bridgehead atoms. The van der Waals surface area contributed by atoms with Gasteiger partial charge in [-0.15, -0.1) is 0 Å². The Labute approximate surface area is 197 Å². The number of nitrogens with zero attached hydrogens (tertiary/aromatic N) is 2. The zero-order valence-electron chi connectivity index (χ0n) is 17.8. The zero-order valence-corrected chi connectivity index (χ0v) is 18.5. The van der Waals surface area contributed by atoms with E-state index in [1.54, 1.807) is 0 Å². The van der Waals surface area contributed by atoms with Crippen molar-refractivity contribution in [2.75, 3.05) is 18.4 Å². The van der Waals surface area contributed by atoms with E-state index in [2.05, 4.69) is 35.3 Å². The molecular weight excluding hydrogens is 469 g/mol. The third-order valence-electron chi connectivity index (χ3n) is 4.58. The Morgan fingerprint density at radius 3 is 2.24 bits per heavy atom. The van der Waals surface area contributed by atoms with E-state index in [1.165, 1.54) is 10.8 Å². The molecule has 4 aromatic rings. The highest BCUT2D eigenvalue weighted by Crippen LogP contribution is 2.27. The van der Waals surface area contributed by atoms with Crippen molar-refractivity contribution in [2.45, 2.75) is 6.18 Å². The first-order valence-electron chi connectivity index (χ1n) is 10.1. The van der Waals surface area contributed by atoms with Crippen LogP contribution in [0.5, 0.6) is 0 Å². The van der Waals surface area contributed by atoms with Crippen LogP contribution in [0.1, 0.15) is 11.4 Å². The molecule has 10 heteroatoms. The molecule has 1 heterocycles. The molecule has 0 aliphatic heterocycles. The third kappa shape index (κ3) is 6.66. The summed E-state index contributed by atoms with van der Waals surface area (Å²) in [6, 6.07) is 20.2. The average Bonchev–Trinajstić information content (AvgIpc) is 2.80. The quantitative estimate of drug-likeness (QED) is 0.418. The van der Waals surface area contributed by atoms with E-state index in [1.807, 2.05) is 48.6 Å². The predicted molar refractivity (Wildman–Crippen MR) is 125 cm³/mol. The van der Waals surface area contributed by atoms with E-state index < -0.39 is 12.1 Å². The lowest BCUT2D eigenvalue weighted by Crippen LogP contribution is -2.53. The van der Waals surface area contributed by atoms with Crippen molar-refractivity contribution in [2.24, 2.45) is 0 Å². The normalized spacial score (nSPS) is 11.4. The molecule has 0 amide bonds. The van der Waals surface area contributed by atoms with Crippen LogP contribution in [-0.4, -0.2) is 35.2 Å². The fourth-order valence-corrected chi connectivity index (χ4v) is 3.12. The SMILES string of the molecule is O=C([O-])C(F)(F)F.[NH3+]CCNc1nc(/C=C/c2ccc(Cl)cc2)nc2cc3ccccc3cc12. The van der Waals surface area contributed by atoms with Gasteiger partial charge in [0.1, 0.15) is 11.8 Å². The van der Waals surface area contributed by atoms with Crippen molar-refractivity contribution >= 4 is 57.2 Å². The Bertz CT molecular complexity index is 1330. The summed E-state index contributed by atoms with van der Waals surface area (Å²) in [5.41, 5.74) is 5.88. The summed E-state index contributed by atoms with van der Waals surface area (Å²) in [5, 5.41) is 16.3. The van der Waals surface area contributed by atoms with Gasteiger partial charge in [0.15, 0.2) is 5.82 Å². The Balaban J connectivity index is 0.000000406. The van der Waals surface area contributed by atoms with E-state index in [4.69, 9.17) is 31.5 Å².